The third-order valence-corrected chi connectivity index (χ3v) is 3.17. The molecule has 1 aliphatic carbocycles. The first kappa shape index (κ1) is 9.16. The van der Waals surface area contributed by atoms with Crippen LogP contribution in [-0.4, -0.2) is 15.7 Å². The summed E-state index contributed by atoms with van der Waals surface area (Å²) in [6.07, 6.45) is 3.27. The van der Waals surface area contributed by atoms with Gasteiger partial charge < -0.3 is 5.11 Å². The Morgan fingerprint density at radius 1 is 1.62 bits per heavy atom. The van der Waals surface area contributed by atoms with Gasteiger partial charge in [0.05, 0.1) is 16.3 Å². The molecule has 13 heavy (non-hydrogen) atoms. The fourth-order valence-electron chi connectivity index (χ4n) is 1.36. The summed E-state index contributed by atoms with van der Waals surface area (Å²) in [5.74, 6) is 0.737. The Morgan fingerprint density at radius 3 is 2.85 bits per heavy atom. The zero-order valence-electron chi connectivity index (χ0n) is 8.08. The average molecular weight is 197 g/mol. The van der Waals surface area contributed by atoms with E-state index in [1.807, 2.05) is 13.8 Å². The highest BCUT2D eigenvalue weighted by Crippen LogP contribution is 2.41. The number of hydrogen-bond donors (Lipinski definition) is 1. The molecule has 1 saturated carbocycles. The Kier molecular flexibility index (Phi) is 2.16. The van der Waals surface area contributed by atoms with Gasteiger partial charge in [0.2, 0.25) is 0 Å². The van der Waals surface area contributed by atoms with Crippen molar-refractivity contribution in [3.63, 3.8) is 0 Å². The smallest absolute Gasteiger partial charge is 0.0959 e. The second-order valence-corrected chi connectivity index (χ2v) is 5.33. The second-order valence-electron chi connectivity index (χ2n) is 4.44. The number of aliphatic hydroxyl groups is 1. The molecule has 0 atom stereocenters. The lowest BCUT2D eigenvalue weighted by Crippen LogP contribution is -2.21. The van der Waals surface area contributed by atoms with Gasteiger partial charge in [0, 0.05) is 17.7 Å². The zero-order valence-corrected chi connectivity index (χ0v) is 8.90. The summed E-state index contributed by atoms with van der Waals surface area (Å²) >= 11 is 1.74. The molecule has 1 aromatic heterocycles. The normalized spacial score (nSPS) is 17.8. The molecule has 2 nitrogen and oxygen atoms in total. The van der Waals surface area contributed by atoms with E-state index in [2.05, 4.69) is 10.4 Å². The highest BCUT2D eigenvalue weighted by atomic mass is 32.1. The lowest BCUT2D eigenvalue weighted by atomic mass is 10.0. The molecule has 0 bridgehead atoms. The number of nitrogens with zero attached hydrogens (tertiary/aromatic N) is 1. The van der Waals surface area contributed by atoms with E-state index in [4.69, 9.17) is 0 Å². The van der Waals surface area contributed by atoms with Gasteiger partial charge in [-0.1, -0.05) is 0 Å². The largest absolute Gasteiger partial charge is 0.390 e. The van der Waals surface area contributed by atoms with Crippen molar-refractivity contribution in [2.45, 2.75) is 44.6 Å². The first-order valence-corrected chi connectivity index (χ1v) is 5.59. The number of aromatic nitrogens is 1. The molecule has 72 valence electrons. The van der Waals surface area contributed by atoms with Gasteiger partial charge in [-0.15, -0.1) is 11.3 Å². The summed E-state index contributed by atoms with van der Waals surface area (Å²) in [6.45, 7) is 3.65. The molecule has 0 saturated heterocycles. The monoisotopic (exact) mass is 197 g/mol. The maximum atomic E-state index is 9.60. The van der Waals surface area contributed by atoms with Crippen molar-refractivity contribution >= 4 is 11.3 Å². The van der Waals surface area contributed by atoms with Crippen LogP contribution in [0.15, 0.2) is 5.38 Å². The van der Waals surface area contributed by atoms with Gasteiger partial charge in [0.1, 0.15) is 0 Å². The van der Waals surface area contributed by atoms with Crippen LogP contribution in [0.2, 0.25) is 0 Å². The van der Waals surface area contributed by atoms with Crippen LogP contribution in [-0.2, 0) is 6.42 Å². The highest BCUT2D eigenvalue weighted by molar-refractivity contribution is 7.09. The number of thiazole rings is 1. The molecule has 1 heterocycles. The van der Waals surface area contributed by atoms with Crippen molar-refractivity contribution < 1.29 is 5.11 Å². The molecule has 1 N–H and O–H groups in total. The minimum absolute atomic E-state index is 0.630. The van der Waals surface area contributed by atoms with E-state index < -0.39 is 5.60 Å². The van der Waals surface area contributed by atoms with Crippen molar-refractivity contribution in [1.82, 2.24) is 4.98 Å². The topological polar surface area (TPSA) is 33.1 Å². The van der Waals surface area contributed by atoms with Crippen LogP contribution in [0.5, 0.6) is 0 Å². The Balaban J connectivity index is 2.04. The van der Waals surface area contributed by atoms with E-state index in [1.54, 1.807) is 11.3 Å². The van der Waals surface area contributed by atoms with Crippen LogP contribution in [0, 0.1) is 0 Å². The molecule has 0 aliphatic heterocycles. The van der Waals surface area contributed by atoms with E-state index in [0.717, 1.165) is 11.6 Å². The minimum atomic E-state index is -0.630. The van der Waals surface area contributed by atoms with Crippen LogP contribution in [0.1, 0.15) is 43.3 Å². The fourth-order valence-corrected chi connectivity index (χ4v) is 2.36. The third kappa shape index (κ3) is 2.51. The van der Waals surface area contributed by atoms with Crippen LogP contribution in [0.4, 0.5) is 0 Å². The predicted octanol–water partition coefficient (Wildman–Crippen LogP) is 2.33. The Labute approximate surface area is 82.6 Å². The van der Waals surface area contributed by atoms with E-state index in [1.165, 1.54) is 17.8 Å². The van der Waals surface area contributed by atoms with Gasteiger partial charge in [0.15, 0.2) is 0 Å². The van der Waals surface area contributed by atoms with Gasteiger partial charge >= 0.3 is 0 Å². The van der Waals surface area contributed by atoms with Gasteiger partial charge in [0.25, 0.3) is 0 Å². The van der Waals surface area contributed by atoms with Crippen LogP contribution in [0.3, 0.4) is 0 Å². The van der Waals surface area contributed by atoms with Crippen LogP contribution < -0.4 is 0 Å². The van der Waals surface area contributed by atoms with E-state index >= 15 is 0 Å². The SMILES string of the molecule is CC(C)(O)Cc1csc(C2CC2)n1. The standard InChI is InChI=1S/C10H15NOS/c1-10(2,12)5-8-6-13-9(11-8)7-3-4-7/h6-7,12H,3-5H2,1-2H3. The van der Waals surface area contributed by atoms with Crippen molar-refractivity contribution in [1.29, 1.82) is 0 Å². The minimum Gasteiger partial charge on any atom is -0.390 e. The summed E-state index contributed by atoms with van der Waals surface area (Å²) in [5, 5.41) is 12.9. The molecule has 0 spiro atoms. The summed E-state index contributed by atoms with van der Waals surface area (Å²) in [7, 11) is 0. The van der Waals surface area contributed by atoms with Crippen molar-refractivity contribution in [2.24, 2.45) is 0 Å². The highest BCUT2D eigenvalue weighted by Gasteiger charge is 2.27. The summed E-state index contributed by atoms with van der Waals surface area (Å²) in [4.78, 5) is 4.52. The van der Waals surface area contributed by atoms with Crippen molar-refractivity contribution in [3.8, 4) is 0 Å². The summed E-state index contributed by atoms with van der Waals surface area (Å²) in [6, 6.07) is 0. The first-order valence-electron chi connectivity index (χ1n) is 4.71. The molecule has 0 radical (unpaired) electrons. The van der Waals surface area contributed by atoms with Gasteiger partial charge in [-0.3, -0.25) is 0 Å². The maximum absolute atomic E-state index is 9.60. The molecular weight excluding hydrogens is 182 g/mol. The van der Waals surface area contributed by atoms with E-state index in [0.29, 0.717) is 6.42 Å². The molecule has 1 aromatic rings. The second kappa shape index (κ2) is 3.07. The molecule has 0 aromatic carbocycles. The first-order chi connectivity index (χ1) is 6.04. The zero-order chi connectivity index (χ0) is 9.47. The fraction of sp³-hybridized carbons (Fsp3) is 0.700. The quantitative estimate of drug-likeness (QED) is 0.806. The van der Waals surface area contributed by atoms with Gasteiger partial charge in [-0.2, -0.15) is 0 Å². The molecular formula is C10H15NOS. The Hall–Kier alpha value is -0.410. The summed E-state index contributed by atoms with van der Waals surface area (Å²) < 4.78 is 0. The van der Waals surface area contributed by atoms with E-state index in [9.17, 15) is 5.11 Å². The molecule has 1 fully saturated rings. The van der Waals surface area contributed by atoms with Crippen LogP contribution >= 0.6 is 11.3 Å². The van der Waals surface area contributed by atoms with Gasteiger partial charge in [-0.25, -0.2) is 4.98 Å². The molecule has 0 amide bonds. The van der Waals surface area contributed by atoms with E-state index in [-0.39, 0.29) is 0 Å². The predicted molar refractivity (Wildman–Crippen MR) is 54.1 cm³/mol. The van der Waals surface area contributed by atoms with Crippen molar-refractivity contribution in [2.75, 3.05) is 0 Å². The maximum Gasteiger partial charge on any atom is 0.0959 e. The lowest BCUT2D eigenvalue weighted by molar-refractivity contribution is 0.0801. The molecule has 0 unspecified atom stereocenters. The molecule has 2 rings (SSSR count). The Bertz CT molecular complexity index is 296. The number of rotatable bonds is 3. The van der Waals surface area contributed by atoms with Gasteiger partial charge in [-0.05, 0) is 26.7 Å². The Morgan fingerprint density at radius 2 is 2.31 bits per heavy atom. The summed E-state index contributed by atoms with van der Waals surface area (Å²) in [5.41, 5.74) is 0.411. The third-order valence-electron chi connectivity index (χ3n) is 2.11. The molecule has 3 heteroatoms. The average Bonchev–Trinajstić information content (AvgIpc) is 2.72. The number of hydrogen-bond acceptors (Lipinski definition) is 3. The van der Waals surface area contributed by atoms with Crippen molar-refractivity contribution in [3.05, 3.63) is 16.1 Å². The molecule has 1 aliphatic rings. The van der Waals surface area contributed by atoms with Crippen LogP contribution in [0.25, 0.3) is 0 Å². The lowest BCUT2D eigenvalue weighted by Gasteiger charge is -2.14.